The number of nitrogens with zero attached hydrogens (tertiary/aromatic N) is 2. The van der Waals surface area contributed by atoms with E-state index in [4.69, 9.17) is 5.11 Å². The SMILES string of the molecule is CC(C)[C@H](CO)n1cnc2ccc(C(=O)O)cc21. The normalized spacial score (nSPS) is 13.1. The van der Waals surface area contributed by atoms with Crippen molar-refractivity contribution in [2.45, 2.75) is 19.9 Å². The van der Waals surface area contributed by atoms with Crippen LogP contribution in [0.25, 0.3) is 11.0 Å². The molecule has 0 fully saturated rings. The molecule has 0 amide bonds. The maximum Gasteiger partial charge on any atom is 0.335 e. The smallest absolute Gasteiger partial charge is 0.335 e. The molecule has 0 aliphatic rings. The second-order valence-corrected chi connectivity index (χ2v) is 4.65. The lowest BCUT2D eigenvalue weighted by molar-refractivity contribution is 0.0697. The molecule has 2 N–H and O–H groups in total. The number of fused-ring (bicyclic) bond motifs is 1. The van der Waals surface area contributed by atoms with Crippen LogP contribution >= 0.6 is 0 Å². The van der Waals surface area contributed by atoms with Gasteiger partial charge in [-0.1, -0.05) is 13.8 Å². The second-order valence-electron chi connectivity index (χ2n) is 4.65. The van der Waals surface area contributed by atoms with Gasteiger partial charge in [0.15, 0.2) is 0 Å². The van der Waals surface area contributed by atoms with Crippen molar-refractivity contribution in [2.24, 2.45) is 5.92 Å². The van der Waals surface area contributed by atoms with Gasteiger partial charge in [-0.15, -0.1) is 0 Å². The molecule has 2 rings (SSSR count). The summed E-state index contributed by atoms with van der Waals surface area (Å²) < 4.78 is 1.84. The van der Waals surface area contributed by atoms with Crippen LogP contribution in [-0.4, -0.2) is 32.3 Å². The summed E-state index contributed by atoms with van der Waals surface area (Å²) in [5.41, 5.74) is 1.70. The Labute approximate surface area is 105 Å². The quantitative estimate of drug-likeness (QED) is 0.866. The van der Waals surface area contributed by atoms with E-state index in [1.54, 1.807) is 18.5 Å². The van der Waals surface area contributed by atoms with Crippen molar-refractivity contribution in [3.05, 3.63) is 30.1 Å². The summed E-state index contributed by atoms with van der Waals surface area (Å²) in [6.07, 6.45) is 1.65. The zero-order chi connectivity index (χ0) is 13.3. The summed E-state index contributed by atoms with van der Waals surface area (Å²) in [6, 6.07) is 4.71. The van der Waals surface area contributed by atoms with Crippen molar-refractivity contribution in [1.29, 1.82) is 0 Å². The fourth-order valence-corrected chi connectivity index (χ4v) is 2.04. The van der Waals surface area contributed by atoms with Crippen LogP contribution in [0, 0.1) is 5.92 Å². The van der Waals surface area contributed by atoms with Gasteiger partial charge in [-0.25, -0.2) is 9.78 Å². The molecule has 1 heterocycles. The number of carbonyl (C=O) groups is 1. The molecule has 0 saturated heterocycles. The molecule has 5 nitrogen and oxygen atoms in total. The van der Waals surface area contributed by atoms with E-state index >= 15 is 0 Å². The molecule has 0 aliphatic heterocycles. The van der Waals surface area contributed by atoms with Crippen molar-refractivity contribution in [3.8, 4) is 0 Å². The molecule has 0 bridgehead atoms. The minimum absolute atomic E-state index is 0.000422. The van der Waals surface area contributed by atoms with Crippen LogP contribution in [0.2, 0.25) is 0 Å². The highest BCUT2D eigenvalue weighted by Crippen LogP contribution is 2.23. The van der Waals surface area contributed by atoms with Gasteiger partial charge < -0.3 is 14.8 Å². The maximum atomic E-state index is 11.0. The van der Waals surface area contributed by atoms with E-state index in [0.717, 1.165) is 11.0 Å². The molecule has 0 aliphatic carbocycles. The first-order valence-corrected chi connectivity index (χ1v) is 5.85. The molecule has 0 spiro atoms. The number of hydrogen-bond acceptors (Lipinski definition) is 3. The molecule has 0 unspecified atom stereocenters. The number of aromatic nitrogens is 2. The van der Waals surface area contributed by atoms with Gasteiger partial charge >= 0.3 is 5.97 Å². The molecular weight excluding hydrogens is 232 g/mol. The molecule has 0 saturated carbocycles. The van der Waals surface area contributed by atoms with Gasteiger partial charge in [0.05, 0.1) is 35.6 Å². The standard InChI is InChI=1S/C13H16N2O3/c1-8(2)12(6-16)15-7-14-10-4-3-9(13(17)18)5-11(10)15/h3-5,7-8,12,16H,6H2,1-2H3,(H,17,18)/t12-/m0/s1. The molecule has 1 aromatic heterocycles. The average molecular weight is 248 g/mol. The van der Waals surface area contributed by atoms with E-state index in [1.807, 2.05) is 18.4 Å². The third kappa shape index (κ3) is 2.09. The van der Waals surface area contributed by atoms with E-state index in [9.17, 15) is 9.90 Å². The Bertz CT molecular complexity index is 575. The Morgan fingerprint density at radius 3 is 2.72 bits per heavy atom. The highest BCUT2D eigenvalue weighted by molar-refractivity contribution is 5.92. The number of aromatic carboxylic acids is 1. The number of imidazole rings is 1. The van der Waals surface area contributed by atoms with Crippen LogP contribution in [0.1, 0.15) is 30.2 Å². The molecule has 5 heteroatoms. The molecular formula is C13H16N2O3. The summed E-state index contributed by atoms with van der Waals surface area (Å²) in [7, 11) is 0. The molecule has 1 atom stereocenters. The van der Waals surface area contributed by atoms with Gasteiger partial charge in [-0.2, -0.15) is 0 Å². The molecule has 2 aromatic rings. The number of aliphatic hydroxyl groups excluding tert-OH is 1. The number of benzene rings is 1. The number of carboxylic acid groups (broad SMARTS) is 1. The van der Waals surface area contributed by atoms with Crippen LogP contribution < -0.4 is 0 Å². The maximum absolute atomic E-state index is 11.0. The minimum Gasteiger partial charge on any atom is -0.478 e. The number of hydrogen-bond donors (Lipinski definition) is 2. The Kier molecular flexibility index (Phi) is 3.34. The first-order valence-electron chi connectivity index (χ1n) is 5.85. The van der Waals surface area contributed by atoms with Crippen LogP contribution in [0.3, 0.4) is 0 Å². The lowest BCUT2D eigenvalue weighted by Crippen LogP contribution is -2.18. The van der Waals surface area contributed by atoms with Gasteiger partial charge in [-0.05, 0) is 24.1 Å². The van der Waals surface area contributed by atoms with Crippen molar-refractivity contribution in [1.82, 2.24) is 9.55 Å². The topological polar surface area (TPSA) is 75.3 Å². The van der Waals surface area contributed by atoms with Crippen LogP contribution in [-0.2, 0) is 0 Å². The molecule has 18 heavy (non-hydrogen) atoms. The van der Waals surface area contributed by atoms with Gasteiger partial charge in [0.1, 0.15) is 0 Å². The zero-order valence-corrected chi connectivity index (χ0v) is 10.4. The lowest BCUT2D eigenvalue weighted by Gasteiger charge is -2.20. The van der Waals surface area contributed by atoms with Crippen LogP contribution in [0.4, 0.5) is 0 Å². The summed E-state index contributed by atoms with van der Waals surface area (Å²) in [5, 5.41) is 18.4. The first-order chi connectivity index (χ1) is 8.54. The molecule has 1 aromatic carbocycles. The van der Waals surface area contributed by atoms with Crippen LogP contribution in [0.15, 0.2) is 24.5 Å². The van der Waals surface area contributed by atoms with Crippen molar-refractivity contribution < 1.29 is 15.0 Å². The Morgan fingerprint density at radius 1 is 1.44 bits per heavy atom. The fraction of sp³-hybridized carbons (Fsp3) is 0.385. The summed E-state index contributed by atoms with van der Waals surface area (Å²) in [4.78, 5) is 15.2. The van der Waals surface area contributed by atoms with Crippen LogP contribution in [0.5, 0.6) is 0 Å². The molecule has 96 valence electrons. The van der Waals surface area contributed by atoms with Crippen molar-refractivity contribution >= 4 is 17.0 Å². The van der Waals surface area contributed by atoms with Gasteiger partial charge in [-0.3, -0.25) is 0 Å². The first kappa shape index (κ1) is 12.6. The Hall–Kier alpha value is -1.88. The average Bonchev–Trinajstić information content (AvgIpc) is 2.73. The van der Waals surface area contributed by atoms with E-state index in [2.05, 4.69) is 4.98 Å². The summed E-state index contributed by atoms with van der Waals surface area (Å²) in [5.74, 6) is -0.726. The zero-order valence-electron chi connectivity index (χ0n) is 10.4. The highest BCUT2D eigenvalue weighted by Gasteiger charge is 2.17. The van der Waals surface area contributed by atoms with Gasteiger partial charge in [0.2, 0.25) is 0 Å². The highest BCUT2D eigenvalue weighted by atomic mass is 16.4. The fourth-order valence-electron chi connectivity index (χ4n) is 2.04. The van der Waals surface area contributed by atoms with Gasteiger partial charge in [0.25, 0.3) is 0 Å². The number of aliphatic hydroxyl groups is 1. The lowest BCUT2D eigenvalue weighted by atomic mass is 10.0. The summed E-state index contributed by atoms with van der Waals surface area (Å²) in [6.45, 7) is 4.02. The predicted molar refractivity (Wildman–Crippen MR) is 67.7 cm³/mol. The second kappa shape index (κ2) is 4.78. The Morgan fingerprint density at radius 2 is 2.17 bits per heavy atom. The van der Waals surface area contributed by atoms with E-state index < -0.39 is 5.97 Å². The van der Waals surface area contributed by atoms with Crippen molar-refractivity contribution in [3.63, 3.8) is 0 Å². The van der Waals surface area contributed by atoms with E-state index in [-0.39, 0.29) is 24.1 Å². The summed E-state index contributed by atoms with van der Waals surface area (Å²) >= 11 is 0. The molecule has 0 radical (unpaired) electrons. The van der Waals surface area contributed by atoms with E-state index in [1.165, 1.54) is 6.07 Å². The number of carboxylic acids is 1. The number of rotatable bonds is 4. The largest absolute Gasteiger partial charge is 0.478 e. The predicted octanol–water partition coefficient (Wildman–Crippen LogP) is 1.92. The van der Waals surface area contributed by atoms with E-state index in [0.29, 0.717) is 0 Å². The minimum atomic E-state index is -0.963. The van der Waals surface area contributed by atoms with Crippen molar-refractivity contribution in [2.75, 3.05) is 6.61 Å². The van der Waals surface area contributed by atoms with Gasteiger partial charge in [0, 0.05) is 0 Å². The Balaban J connectivity index is 2.57. The third-order valence-electron chi connectivity index (χ3n) is 3.14. The monoisotopic (exact) mass is 248 g/mol. The third-order valence-corrected chi connectivity index (χ3v) is 3.14.